The summed E-state index contributed by atoms with van der Waals surface area (Å²) in [5, 5.41) is 7.16. The van der Waals surface area contributed by atoms with Crippen LogP contribution < -0.4 is 11.5 Å². The van der Waals surface area contributed by atoms with E-state index in [0.717, 1.165) is 4.88 Å². The standard InChI is InChI=1S/C9H15N5S/c1-6-3-4-7(15-6)5-13-9(12)14(2)8(10)11/h3-4H,5H2,1-2H3,(H3,10,11)(H2,12,13). The SMILES string of the molecule is Cc1ccc(CN=C(N)N(C)C(=N)N)s1. The van der Waals surface area contributed by atoms with Crippen molar-refractivity contribution in [3.8, 4) is 0 Å². The molecule has 0 saturated heterocycles. The number of hydrogen-bond acceptors (Lipinski definition) is 3. The fourth-order valence-corrected chi connectivity index (χ4v) is 1.77. The van der Waals surface area contributed by atoms with Crippen molar-refractivity contribution >= 4 is 23.3 Å². The number of guanidine groups is 2. The molecule has 0 spiro atoms. The lowest BCUT2D eigenvalue weighted by atomic mass is 10.4. The number of hydrogen-bond donors (Lipinski definition) is 3. The minimum absolute atomic E-state index is 0.112. The maximum Gasteiger partial charge on any atom is 0.198 e. The Hall–Kier alpha value is -1.56. The summed E-state index contributed by atoms with van der Waals surface area (Å²) in [5.41, 5.74) is 10.9. The Bertz CT molecular complexity index is 382. The number of aliphatic imine (C=N–C) groups is 1. The number of nitrogens with one attached hydrogen (secondary N) is 1. The van der Waals surface area contributed by atoms with Crippen molar-refractivity contribution in [2.24, 2.45) is 16.5 Å². The second kappa shape index (κ2) is 4.79. The maximum absolute atomic E-state index is 7.16. The Morgan fingerprint density at radius 3 is 2.67 bits per heavy atom. The molecule has 0 bridgehead atoms. The first-order valence-electron chi connectivity index (χ1n) is 4.43. The fourth-order valence-electron chi connectivity index (χ4n) is 0.958. The van der Waals surface area contributed by atoms with Crippen LogP contribution in [0.3, 0.4) is 0 Å². The van der Waals surface area contributed by atoms with Crippen molar-refractivity contribution < 1.29 is 0 Å². The molecule has 0 aliphatic rings. The van der Waals surface area contributed by atoms with E-state index in [4.69, 9.17) is 16.9 Å². The van der Waals surface area contributed by atoms with E-state index in [1.807, 2.05) is 19.1 Å². The number of rotatable bonds is 2. The summed E-state index contributed by atoms with van der Waals surface area (Å²) < 4.78 is 0. The molecule has 0 unspecified atom stereocenters. The molecular weight excluding hydrogens is 210 g/mol. The molecule has 1 heterocycles. The molecule has 0 atom stereocenters. The van der Waals surface area contributed by atoms with Gasteiger partial charge in [-0.15, -0.1) is 11.3 Å². The van der Waals surface area contributed by atoms with Crippen molar-refractivity contribution in [3.05, 3.63) is 21.9 Å². The van der Waals surface area contributed by atoms with Crippen LogP contribution >= 0.6 is 11.3 Å². The van der Waals surface area contributed by atoms with Crippen LogP contribution in [0.15, 0.2) is 17.1 Å². The van der Waals surface area contributed by atoms with Crippen LogP contribution in [0, 0.1) is 12.3 Å². The van der Waals surface area contributed by atoms with Gasteiger partial charge in [0.1, 0.15) is 0 Å². The number of thiophene rings is 1. The second-order valence-corrected chi connectivity index (χ2v) is 4.50. The van der Waals surface area contributed by atoms with Gasteiger partial charge < -0.3 is 11.5 Å². The third-order valence-corrected chi connectivity index (χ3v) is 2.88. The van der Waals surface area contributed by atoms with Crippen molar-refractivity contribution in [2.75, 3.05) is 7.05 Å². The summed E-state index contributed by atoms with van der Waals surface area (Å²) in [5.74, 6) is 0.146. The molecule has 0 amide bonds. The second-order valence-electron chi connectivity index (χ2n) is 3.13. The molecular formula is C9H15N5S. The van der Waals surface area contributed by atoms with Crippen molar-refractivity contribution in [2.45, 2.75) is 13.5 Å². The highest BCUT2D eigenvalue weighted by molar-refractivity contribution is 7.11. The summed E-state index contributed by atoms with van der Waals surface area (Å²) in [6.07, 6.45) is 0. The van der Waals surface area contributed by atoms with Gasteiger partial charge in [0.15, 0.2) is 11.9 Å². The average molecular weight is 225 g/mol. The summed E-state index contributed by atoms with van der Waals surface area (Å²) in [4.78, 5) is 7.87. The van der Waals surface area contributed by atoms with Crippen LogP contribution in [0.25, 0.3) is 0 Å². The Balaban J connectivity index is 2.61. The van der Waals surface area contributed by atoms with E-state index >= 15 is 0 Å². The molecule has 0 aliphatic heterocycles. The normalized spacial score (nSPS) is 11.5. The highest BCUT2D eigenvalue weighted by Crippen LogP contribution is 2.15. The monoisotopic (exact) mass is 225 g/mol. The molecule has 5 nitrogen and oxygen atoms in total. The van der Waals surface area contributed by atoms with E-state index in [9.17, 15) is 0 Å². The van der Waals surface area contributed by atoms with Crippen molar-refractivity contribution in [1.29, 1.82) is 5.41 Å². The zero-order valence-corrected chi connectivity index (χ0v) is 9.64. The van der Waals surface area contributed by atoms with E-state index < -0.39 is 0 Å². The lowest BCUT2D eigenvalue weighted by Crippen LogP contribution is -2.42. The first-order valence-corrected chi connectivity index (χ1v) is 5.25. The first kappa shape index (κ1) is 11.5. The topological polar surface area (TPSA) is 91.5 Å². The van der Waals surface area contributed by atoms with E-state index in [1.54, 1.807) is 18.4 Å². The average Bonchev–Trinajstić information content (AvgIpc) is 2.59. The highest BCUT2D eigenvalue weighted by atomic mass is 32.1. The number of aryl methyl sites for hydroxylation is 1. The van der Waals surface area contributed by atoms with Gasteiger partial charge >= 0.3 is 0 Å². The Labute approximate surface area is 92.9 Å². The molecule has 1 aromatic heterocycles. The van der Waals surface area contributed by atoms with E-state index in [2.05, 4.69) is 4.99 Å². The zero-order chi connectivity index (χ0) is 11.4. The maximum atomic E-state index is 7.16. The highest BCUT2D eigenvalue weighted by Gasteiger charge is 2.03. The molecule has 0 aromatic carbocycles. The molecule has 0 radical (unpaired) electrons. The quantitative estimate of drug-likeness (QED) is 0.511. The minimum atomic E-state index is -0.112. The van der Waals surface area contributed by atoms with Crippen LogP contribution in [0.2, 0.25) is 0 Å². The smallest absolute Gasteiger partial charge is 0.198 e. The molecule has 0 saturated carbocycles. The lowest BCUT2D eigenvalue weighted by Gasteiger charge is -2.14. The molecule has 1 rings (SSSR count). The fraction of sp³-hybridized carbons (Fsp3) is 0.333. The predicted molar refractivity (Wildman–Crippen MR) is 64.1 cm³/mol. The molecule has 5 N–H and O–H groups in total. The largest absolute Gasteiger partial charge is 0.370 e. The summed E-state index contributed by atoms with van der Waals surface area (Å²) in [7, 11) is 1.61. The van der Waals surface area contributed by atoms with Crippen LogP contribution in [0.5, 0.6) is 0 Å². The molecule has 82 valence electrons. The molecule has 6 heteroatoms. The van der Waals surface area contributed by atoms with E-state index in [1.165, 1.54) is 9.78 Å². The summed E-state index contributed by atoms with van der Waals surface area (Å²) in [6, 6.07) is 4.06. The molecule has 15 heavy (non-hydrogen) atoms. The van der Waals surface area contributed by atoms with Gasteiger partial charge in [0.05, 0.1) is 6.54 Å². The van der Waals surface area contributed by atoms with Crippen LogP contribution in [0.1, 0.15) is 9.75 Å². The lowest BCUT2D eigenvalue weighted by molar-refractivity contribution is 0.715. The molecule has 1 aromatic rings. The number of nitrogens with two attached hydrogens (primary N) is 2. The molecule has 0 fully saturated rings. The van der Waals surface area contributed by atoms with Crippen LogP contribution in [-0.4, -0.2) is 23.9 Å². The Morgan fingerprint density at radius 1 is 1.53 bits per heavy atom. The summed E-state index contributed by atoms with van der Waals surface area (Å²) >= 11 is 1.68. The predicted octanol–water partition coefficient (Wildman–Crippen LogP) is 0.696. The van der Waals surface area contributed by atoms with E-state index in [-0.39, 0.29) is 11.9 Å². The van der Waals surface area contributed by atoms with E-state index in [0.29, 0.717) is 6.54 Å². The van der Waals surface area contributed by atoms with Crippen LogP contribution in [-0.2, 0) is 6.54 Å². The van der Waals surface area contributed by atoms with Gasteiger partial charge in [0.2, 0.25) is 0 Å². The number of nitrogens with zero attached hydrogens (tertiary/aromatic N) is 2. The third-order valence-electron chi connectivity index (χ3n) is 1.90. The van der Waals surface area contributed by atoms with Gasteiger partial charge in [-0.25, -0.2) is 4.99 Å². The summed E-state index contributed by atoms with van der Waals surface area (Å²) in [6.45, 7) is 2.57. The van der Waals surface area contributed by atoms with Gasteiger partial charge in [-0.2, -0.15) is 0 Å². The van der Waals surface area contributed by atoms with Gasteiger partial charge in [0, 0.05) is 16.8 Å². The van der Waals surface area contributed by atoms with Crippen LogP contribution in [0.4, 0.5) is 0 Å². The Morgan fingerprint density at radius 2 is 2.20 bits per heavy atom. The van der Waals surface area contributed by atoms with Gasteiger partial charge in [-0.1, -0.05) is 0 Å². The third kappa shape index (κ3) is 3.25. The van der Waals surface area contributed by atoms with Crippen molar-refractivity contribution in [3.63, 3.8) is 0 Å². The van der Waals surface area contributed by atoms with Gasteiger partial charge in [-0.05, 0) is 19.1 Å². The van der Waals surface area contributed by atoms with Gasteiger partial charge in [-0.3, -0.25) is 10.3 Å². The molecule has 0 aliphatic carbocycles. The minimum Gasteiger partial charge on any atom is -0.370 e. The van der Waals surface area contributed by atoms with Gasteiger partial charge in [0.25, 0.3) is 0 Å². The zero-order valence-electron chi connectivity index (χ0n) is 8.82. The first-order chi connectivity index (χ1) is 7.00. The Kier molecular flexibility index (Phi) is 3.68. The van der Waals surface area contributed by atoms with Crippen molar-refractivity contribution in [1.82, 2.24) is 4.90 Å².